The summed E-state index contributed by atoms with van der Waals surface area (Å²) < 4.78 is 6.14. The van der Waals surface area contributed by atoms with E-state index in [0.717, 1.165) is 0 Å². The maximum absolute atomic E-state index is 12.5. The number of piperidine rings is 1. The summed E-state index contributed by atoms with van der Waals surface area (Å²) in [4.78, 5) is 18.4. The standard InChI is InChI=1S/C15H28N2O3/c1-8-19-17-12(2,3)9-15(10-13(17,4)5)11(18)16-14(6,7)20-15/h8-10H2,1-7H3,(H,16,18). The third-order valence-electron chi connectivity index (χ3n) is 4.07. The van der Waals surface area contributed by atoms with Crippen molar-refractivity contribution in [2.45, 2.75) is 83.7 Å². The average Bonchev–Trinajstić information content (AvgIpc) is 2.40. The second-order valence-electron chi connectivity index (χ2n) is 7.75. The van der Waals surface area contributed by atoms with E-state index in [1.54, 1.807) is 0 Å². The normalized spacial score (nSPS) is 30.4. The second kappa shape index (κ2) is 4.42. The average molecular weight is 284 g/mol. The summed E-state index contributed by atoms with van der Waals surface area (Å²) in [5.74, 6) is -0.000187. The maximum atomic E-state index is 12.5. The fourth-order valence-corrected chi connectivity index (χ4v) is 4.08. The summed E-state index contributed by atoms with van der Waals surface area (Å²) in [6.45, 7) is 14.8. The minimum Gasteiger partial charge on any atom is -0.340 e. The second-order valence-corrected chi connectivity index (χ2v) is 7.75. The zero-order chi connectivity index (χ0) is 15.4. The van der Waals surface area contributed by atoms with Gasteiger partial charge in [0, 0.05) is 23.9 Å². The van der Waals surface area contributed by atoms with Crippen molar-refractivity contribution in [1.82, 2.24) is 10.4 Å². The summed E-state index contributed by atoms with van der Waals surface area (Å²) in [6, 6.07) is 0. The molecule has 116 valence electrons. The third kappa shape index (κ3) is 2.47. The number of ether oxygens (including phenoxy) is 1. The lowest BCUT2D eigenvalue weighted by Crippen LogP contribution is -2.67. The summed E-state index contributed by atoms with van der Waals surface area (Å²) in [6.07, 6.45) is 1.25. The molecular weight excluding hydrogens is 256 g/mol. The van der Waals surface area contributed by atoms with Crippen molar-refractivity contribution in [2.75, 3.05) is 6.61 Å². The highest BCUT2D eigenvalue weighted by atomic mass is 16.7. The molecule has 20 heavy (non-hydrogen) atoms. The van der Waals surface area contributed by atoms with Crippen LogP contribution in [0.25, 0.3) is 0 Å². The summed E-state index contributed by atoms with van der Waals surface area (Å²) in [5.41, 5.74) is -1.90. The van der Waals surface area contributed by atoms with Gasteiger partial charge in [0.05, 0.1) is 6.61 Å². The molecule has 5 heteroatoms. The van der Waals surface area contributed by atoms with Gasteiger partial charge in [-0.15, -0.1) is 0 Å². The van der Waals surface area contributed by atoms with Gasteiger partial charge >= 0.3 is 0 Å². The number of amides is 1. The highest BCUT2D eigenvalue weighted by molar-refractivity contribution is 5.88. The molecule has 1 N–H and O–H groups in total. The first-order chi connectivity index (χ1) is 8.94. The van der Waals surface area contributed by atoms with Gasteiger partial charge in [-0.3, -0.25) is 9.63 Å². The first-order valence-corrected chi connectivity index (χ1v) is 7.40. The smallest absolute Gasteiger partial charge is 0.254 e. The zero-order valence-electron chi connectivity index (χ0n) is 13.8. The number of nitrogens with one attached hydrogen (secondary N) is 1. The van der Waals surface area contributed by atoms with Crippen LogP contribution in [0.2, 0.25) is 0 Å². The van der Waals surface area contributed by atoms with E-state index in [1.807, 2.05) is 25.8 Å². The van der Waals surface area contributed by atoms with Crippen LogP contribution in [0.1, 0.15) is 61.3 Å². The molecule has 2 fully saturated rings. The van der Waals surface area contributed by atoms with E-state index in [2.05, 4.69) is 33.0 Å². The number of carbonyl (C=O) groups is 1. The third-order valence-corrected chi connectivity index (χ3v) is 4.07. The summed E-state index contributed by atoms with van der Waals surface area (Å²) in [7, 11) is 0. The van der Waals surface area contributed by atoms with Gasteiger partial charge in [0.2, 0.25) is 0 Å². The lowest BCUT2D eigenvalue weighted by Gasteiger charge is -2.56. The molecule has 0 aromatic carbocycles. The van der Waals surface area contributed by atoms with Crippen molar-refractivity contribution >= 4 is 5.91 Å². The monoisotopic (exact) mass is 284 g/mol. The molecule has 2 rings (SSSR count). The molecule has 2 saturated heterocycles. The molecule has 0 aromatic rings. The van der Waals surface area contributed by atoms with Crippen LogP contribution in [0.3, 0.4) is 0 Å². The lowest BCUT2D eigenvalue weighted by molar-refractivity contribution is -0.305. The Hall–Kier alpha value is -0.650. The lowest BCUT2D eigenvalue weighted by atomic mass is 9.72. The van der Waals surface area contributed by atoms with E-state index >= 15 is 0 Å². The Morgan fingerprint density at radius 2 is 1.65 bits per heavy atom. The molecule has 0 saturated carbocycles. The Balaban J connectivity index is 2.36. The van der Waals surface area contributed by atoms with Crippen LogP contribution in [0.4, 0.5) is 0 Å². The first kappa shape index (κ1) is 15.7. The quantitative estimate of drug-likeness (QED) is 0.844. The number of hydroxylamine groups is 2. The van der Waals surface area contributed by atoms with E-state index in [4.69, 9.17) is 9.57 Å². The van der Waals surface area contributed by atoms with Gasteiger partial charge in [-0.05, 0) is 48.5 Å². The van der Waals surface area contributed by atoms with E-state index < -0.39 is 11.3 Å². The van der Waals surface area contributed by atoms with Gasteiger partial charge in [0.25, 0.3) is 5.91 Å². The summed E-state index contributed by atoms with van der Waals surface area (Å²) in [5, 5.41) is 4.99. The van der Waals surface area contributed by atoms with Gasteiger partial charge < -0.3 is 10.1 Å². The van der Waals surface area contributed by atoms with Crippen molar-refractivity contribution in [1.29, 1.82) is 0 Å². The zero-order valence-corrected chi connectivity index (χ0v) is 13.8. The Bertz CT molecular complexity index is 397. The molecule has 0 aromatic heterocycles. The van der Waals surface area contributed by atoms with Crippen molar-refractivity contribution in [2.24, 2.45) is 0 Å². The van der Waals surface area contributed by atoms with Gasteiger partial charge in [-0.2, -0.15) is 5.06 Å². The molecule has 1 amide bonds. The fourth-order valence-electron chi connectivity index (χ4n) is 4.08. The summed E-state index contributed by atoms with van der Waals surface area (Å²) >= 11 is 0. The molecular formula is C15H28N2O3. The molecule has 0 bridgehead atoms. The SMILES string of the molecule is CCON1C(C)(C)CC2(CC1(C)C)OC(C)(C)NC2=O. The number of hydrogen-bond donors (Lipinski definition) is 1. The van der Waals surface area contributed by atoms with Gasteiger partial charge in [-0.1, -0.05) is 0 Å². The minimum absolute atomic E-state index is 0.000187. The van der Waals surface area contributed by atoms with Gasteiger partial charge in [-0.25, -0.2) is 0 Å². The molecule has 0 atom stereocenters. The fraction of sp³-hybridized carbons (Fsp3) is 0.933. The predicted molar refractivity (Wildman–Crippen MR) is 76.9 cm³/mol. The maximum Gasteiger partial charge on any atom is 0.254 e. The van der Waals surface area contributed by atoms with E-state index in [0.29, 0.717) is 19.4 Å². The molecule has 0 radical (unpaired) electrons. The number of hydrogen-bond acceptors (Lipinski definition) is 4. The molecule has 2 aliphatic rings. The molecule has 5 nitrogen and oxygen atoms in total. The van der Waals surface area contributed by atoms with E-state index in [-0.39, 0.29) is 17.0 Å². The van der Waals surface area contributed by atoms with Gasteiger partial charge in [0.1, 0.15) is 5.72 Å². The van der Waals surface area contributed by atoms with Crippen LogP contribution in [0.5, 0.6) is 0 Å². The first-order valence-electron chi connectivity index (χ1n) is 7.40. The van der Waals surface area contributed by atoms with Crippen molar-refractivity contribution in [3.05, 3.63) is 0 Å². The predicted octanol–water partition coefficient (Wildman–Crippen LogP) is 2.21. The van der Waals surface area contributed by atoms with Crippen LogP contribution in [0.15, 0.2) is 0 Å². The van der Waals surface area contributed by atoms with E-state index in [1.165, 1.54) is 0 Å². The number of nitrogens with zero attached hydrogens (tertiary/aromatic N) is 1. The molecule has 2 aliphatic heterocycles. The molecule has 2 heterocycles. The Morgan fingerprint density at radius 1 is 1.15 bits per heavy atom. The number of carbonyl (C=O) groups excluding carboxylic acids is 1. The highest BCUT2D eigenvalue weighted by Crippen LogP contribution is 2.48. The Morgan fingerprint density at radius 3 is 2.00 bits per heavy atom. The number of rotatable bonds is 2. The van der Waals surface area contributed by atoms with Crippen LogP contribution in [-0.2, 0) is 14.4 Å². The molecule has 1 spiro atoms. The molecule has 0 aliphatic carbocycles. The Kier molecular flexibility index (Phi) is 3.48. The minimum atomic E-state index is -0.760. The van der Waals surface area contributed by atoms with Crippen LogP contribution in [-0.4, -0.2) is 40.0 Å². The topological polar surface area (TPSA) is 50.8 Å². The van der Waals surface area contributed by atoms with E-state index in [9.17, 15) is 4.79 Å². The largest absolute Gasteiger partial charge is 0.340 e. The van der Waals surface area contributed by atoms with Crippen molar-refractivity contribution < 1.29 is 14.4 Å². The highest BCUT2D eigenvalue weighted by Gasteiger charge is 2.62. The Labute approximate surface area is 121 Å². The van der Waals surface area contributed by atoms with Crippen molar-refractivity contribution in [3.63, 3.8) is 0 Å². The van der Waals surface area contributed by atoms with Gasteiger partial charge in [0.15, 0.2) is 5.60 Å². The van der Waals surface area contributed by atoms with Crippen LogP contribution >= 0.6 is 0 Å². The molecule has 0 unspecified atom stereocenters. The van der Waals surface area contributed by atoms with Crippen LogP contribution in [0, 0.1) is 0 Å². The van der Waals surface area contributed by atoms with Crippen molar-refractivity contribution in [3.8, 4) is 0 Å². The van der Waals surface area contributed by atoms with Crippen LogP contribution < -0.4 is 5.32 Å².